The van der Waals surface area contributed by atoms with E-state index in [1.54, 1.807) is 0 Å². The molecule has 4 heteroatoms. The molecular formula is C13H19ClU3. The van der Waals surface area contributed by atoms with E-state index in [1.807, 2.05) is 6.07 Å². The molecule has 0 saturated carbocycles. The van der Waals surface area contributed by atoms with Gasteiger partial charge in [-0.15, -0.1) is 0 Å². The normalized spacial score (nSPS) is 7.94. The first-order chi connectivity index (χ1) is 6.27. The molecule has 90 valence electrons. The Morgan fingerprint density at radius 2 is 1.76 bits per heavy atom. The Bertz CT molecular complexity index is 277. The molecule has 1 aromatic rings. The Morgan fingerprint density at radius 1 is 1.18 bits per heavy atom. The summed E-state index contributed by atoms with van der Waals surface area (Å²) in [6, 6.07) is 6.09. The van der Waals surface area contributed by atoms with Gasteiger partial charge in [0.05, 0.1) is 0 Å². The number of aryl methyl sites for hydroxylation is 1. The fourth-order valence-corrected chi connectivity index (χ4v) is 1.63. The second-order valence-electron chi connectivity index (χ2n) is 3.27. The third-order valence-electron chi connectivity index (χ3n) is 2.24. The fourth-order valence-electron chi connectivity index (χ4n) is 1.44. The standard InChI is InChI=1S/C12H16Cl.CH3.3U/c1-3-5-6-11-9-12(13)8-7-10(11)4-2;;;;/h7-9H,2-6H2,1H3;1H3;;;/q2*-1;;;+2. The van der Waals surface area contributed by atoms with Gasteiger partial charge in [-0.05, 0) is 30.5 Å². The molecule has 0 atom stereocenters. The first-order valence-corrected chi connectivity index (χ1v) is 5.22. The van der Waals surface area contributed by atoms with Crippen molar-refractivity contribution >= 4 is 11.6 Å². The molecule has 0 bridgehead atoms. The summed E-state index contributed by atoms with van der Waals surface area (Å²) in [5.74, 6) is 0. The summed E-state index contributed by atoms with van der Waals surface area (Å²) in [5.41, 5.74) is 2.70. The number of rotatable bonds is 4. The van der Waals surface area contributed by atoms with Gasteiger partial charge >= 0.3 is 31.1 Å². The Kier molecular flexibility index (Phi) is 27.5. The summed E-state index contributed by atoms with van der Waals surface area (Å²) in [5, 5.41) is 0.836. The molecule has 0 radical (unpaired) electrons. The molecule has 0 nitrogen and oxygen atoms in total. The average Bonchev–Trinajstić information content (AvgIpc) is 2.15. The van der Waals surface area contributed by atoms with E-state index in [-0.39, 0.29) is 101 Å². The van der Waals surface area contributed by atoms with Crippen LogP contribution in [0.25, 0.3) is 0 Å². The van der Waals surface area contributed by atoms with Gasteiger partial charge in [0.2, 0.25) is 0 Å². The third kappa shape index (κ3) is 11.0. The van der Waals surface area contributed by atoms with Gasteiger partial charge < -0.3 is 14.4 Å². The maximum absolute atomic E-state index is 5.93. The van der Waals surface area contributed by atoms with E-state index in [4.69, 9.17) is 11.6 Å². The van der Waals surface area contributed by atoms with Crippen molar-refractivity contribution in [3.05, 3.63) is 48.7 Å². The van der Waals surface area contributed by atoms with Gasteiger partial charge in [0.15, 0.2) is 0 Å². The molecule has 0 N–H and O–H groups in total. The van der Waals surface area contributed by atoms with Crippen LogP contribution in [0.4, 0.5) is 0 Å². The molecule has 0 amide bonds. The predicted octanol–water partition coefficient (Wildman–Crippen LogP) is 4.51. The second kappa shape index (κ2) is 16.7. The molecule has 0 spiro atoms. The van der Waals surface area contributed by atoms with E-state index in [1.165, 1.54) is 24.0 Å². The van der Waals surface area contributed by atoms with Crippen LogP contribution in [0, 0.1) is 108 Å². The fraction of sp³-hybridized carbons (Fsp3) is 0.385. The first-order valence-electron chi connectivity index (χ1n) is 4.84. The number of unbranched alkanes of at least 4 members (excludes halogenated alkanes) is 1. The van der Waals surface area contributed by atoms with Crippen molar-refractivity contribution in [2.24, 2.45) is 0 Å². The van der Waals surface area contributed by atoms with Gasteiger partial charge in [0, 0.05) is 67.2 Å². The minimum atomic E-state index is 0. The van der Waals surface area contributed by atoms with Crippen LogP contribution < -0.4 is 0 Å². The van der Waals surface area contributed by atoms with E-state index in [0.717, 1.165) is 17.9 Å². The van der Waals surface area contributed by atoms with Crippen molar-refractivity contribution in [3.63, 3.8) is 0 Å². The zero-order valence-electron chi connectivity index (χ0n) is 10.6. The monoisotopic (exact) mass is 924 g/mol. The van der Waals surface area contributed by atoms with Crippen molar-refractivity contribution in [1.29, 1.82) is 0 Å². The van der Waals surface area contributed by atoms with Gasteiger partial charge in [-0.25, -0.2) is 0 Å². The largest absolute Gasteiger partial charge is 2.00 e. The van der Waals surface area contributed by atoms with Crippen molar-refractivity contribution in [2.75, 3.05) is 0 Å². The quantitative estimate of drug-likeness (QED) is 0.391. The zero-order chi connectivity index (χ0) is 9.68. The molecule has 0 unspecified atom stereocenters. The van der Waals surface area contributed by atoms with Gasteiger partial charge in [0.1, 0.15) is 0 Å². The van der Waals surface area contributed by atoms with Gasteiger partial charge in [-0.1, -0.05) is 36.6 Å². The van der Waals surface area contributed by atoms with Crippen LogP contribution in [0.15, 0.2) is 18.2 Å². The average molecular weight is 925 g/mol. The van der Waals surface area contributed by atoms with E-state index in [9.17, 15) is 0 Å². The Labute approximate surface area is 183 Å². The second-order valence-corrected chi connectivity index (χ2v) is 3.70. The van der Waals surface area contributed by atoms with Crippen molar-refractivity contribution < 1.29 is 93.3 Å². The molecule has 0 fully saturated rings. The summed E-state index contributed by atoms with van der Waals surface area (Å²) in [4.78, 5) is 0. The number of halogens is 1. The molecule has 0 heterocycles. The minimum Gasteiger partial charge on any atom is -0.358 e. The van der Waals surface area contributed by atoms with Gasteiger partial charge in [0.25, 0.3) is 0 Å². The van der Waals surface area contributed by atoms with Crippen LogP contribution in [0.3, 0.4) is 0 Å². The number of hydrogen-bond acceptors (Lipinski definition) is 0. The zero-order valence-corrected chi connectivity index (χ0v) is 23.9. The first kappa shape index (κ1) is 27.9. The van der Waals surface area contributed by atoms with E-state index in [2.05, 4.69) is 26.0 Å². The molecule has 1 rings (SSSR count). The molecule has 17 heavy (non-hydrogen) atoms. The maximum atomic E-state index is 5.93. The summed E-state index contributed by atoms with van der Waals surface area (Å²) >= 11 is 5.93. The summed E-state index contributed by atoms with van der Waals surface area (Å²) in [7, 11) is 0. The molecule has 0 saturated heterocycles. The summed E-state index contributed by atoms with van der Waals surface area (Å²) in [6.45, 7) is 6.11. The molecule has 0 aliphatic heterocycles. The number of benzene rings is 1. The Morgan fingerprint density at radius 3 is 2.24 bits per heavy atom. The molecule has 0 aliphatic rings. The Hall–Kier alpha value is 2.67. The minimum absolute atomic E-state index is 0. The SMILES string of the molecule is [CH2-]Cc1ccc(Cl)cc1CCCC.[CH3-].[U+2].[U].[U]. The molecule has 0 aliphatic carbocycles. The molecule has 1 aromatic carbocycles. The van der Waals surface area contributed by atoms with Gasteiger partial charge in [-0.2, -0.15) is 6.42 Å². The van der Waals surface area contributed by atoms with E-state index < -0.39 is 0 Å². The van der Waals surface area contributed by atoms with Crippen molar-refractivity contribution in [1.82, 2.24) is 0 Å². The van der Waals surface area contributed by atoms with Crippen LogP contribution in [0.1, 0.15) is 30.9 Å². The third-order valence-corrected chi connectivity index (χ3v) is 2.47. The van der Waals surface area contributed by atoms with Crippen LogP contribution in [0.5, 0.6) is 0 Å². The number of hydrogen-bond donors (Lipinski definition) is 0. The molecule has 0 aromatic heterocycles. The van der Waals surface area contributed by atoms with Crippen LogP contribution >= 0.6 is 11.6 Å². The molecular weight excluding hydrogens is 906 g/mol. The topological polar surface area (TPSA) is 0 Å². The summed E-state index contributed by atoms with van der Waals surface area (Å²) in [6.07, 6.45) is 4.44. The van der Waals surface area contributed by atoms with Crippen LogP contribution in [0.2, 0.25) is 5.02 Å². The maximum Gasteiger partial charge on any atom is 2.00 e. The van der Waals surface area contributed by atoms with Crippen molar-refractivity contribution in [2.45, 2.75) is 32.6 Å². The van der Waals surface area contributed by atoms with E-state index >= 15 is 0 Å². The van der Waals surface area contributed by atoms with E-state index in [0.29, 0.717) is 0 Å². The smallest absolute Gasteiger partial charge is 0.358 e. The van der Waals surface area contributed by atoms with Crippen molar-refractivity contribution in [3.8, 4) is 0 Å². The van der Waals surface area contributed by atoms with Gasteiger partial charge in [-0.3, -0.25) is 0 Å². The Balaban J connectivity index is -0.000000211. The summed E-state index contributed by atoms with van der Waals surface area (Å²) < 4.78 is 0. The predicted molar refractivity (Wildman–Crippen MR) is 65.5 cm³/mol. The van der Waals surface area contributed by atoms with Crippen LogP contribution in [-0.2, 0) is 12.8 Å². The van der Waals surface area contributed by atoms with Crippen LogP contribution in [-0.4, -0.2) is 0 Å².